The monoisotopic (exact) mass is 632 g/mol. The first-order chi connectivity index (χ1) is 20.6. The highest BCUT2D eigenvalue weighted by atomic mass is 19.4. The lowest BCUT2D eigenvalue weighted by atomic mass is 10.0. The molecule has 0 heterocycles. The minimum atomic E-state index is -5.52. The lowest BCUT2D eigenvalue weighted by molar-refractivity contribution is -0.276. The predicted octanol–water partition coefficient (Wildman–Crippen LogP) is 9.01. The number of hydrogen-bond acceptors (Lipinski definition) is 3. The molecule has 0 saturated carbocycles. The third-order valence-electron chi connectivity index (χ3n) is 5.64. The van der Waals surface area contributed by atoms with Gasteiger partial charge >= 0.3 is 12.5 Å². The Morgan fingerprint density at radius 3 is 1.77 bits per heavy atom. The molecule has 0 amide bonds. The van der Waals surface area contributed by atoms with Crippen molar-refractivity contribution in [3.8, 4) is 40.2 Å². The van der Waals surface area contributed by atoms with Crippen molar-refractivity contribution in [1.82, 2.24) is 0 Å². The summed E-state index contributed by atoms with van der Waals surface area (Å²) in [6.45, 7) is 2.02. The number of hydrogen-bond donors (Lipinski definition) is 0. The molecule has 0 fully saturated rings. The Kier molecular flexibility index (Phi) is 8.98. The molecule has 44 heavy (non-hydrogen) atoms. The van der Waals surface area contributed by atoms with Gasteiger partial charge in [-0.1, -0.05) is 17.9 Å². The largest absolute Gasteiger partial charge is 0.573 e. The topological polar surface area (TPSA) is 27.7 Å². The van der Waals surface area contributed by atoms with Gasteiger partial charge in [0.1, 0.15) is 40.3 Å². The van der Waals surface area contributed by atoms with Crippen molar-refractivity contribution >= 4 is 0 Å². The maximum atomic E-state index is 14.8. The molecule has 0 N–H and O–H groups in total. The van der Waals surface area contributed by atoms with Crippen LogP contribution in [-0.4, -0.2) is 13.0 Å². The first-order valence-electron chi connectivity index (χ1n) is 12.1. The Morgan fingerprint density at radius 1 is 0.614 bits per heavy atom. The Labute approximate surface area is 241 Å². The van der Waals surface area contributed by atoms with Crippen molar-refractivity contribution in [1.29, 1.82) is 0 Å². The molecule has 4 aromatic rings. The summed E-state index contributed by atoms with van der Waals surface area (Å²) in [7, 11) is 0. The maximum Gasteiger partial charge on any atom is 0.573 e. The third-order valence-corrected chi connectivity index (χ3v) is 5.64. The van der Waals surface area contributed by atoms with E-state index in [1.54, 1.807) is 6.92 Å². The highest BCUT2D eigenvalue weighted by Gasteiger charge is 2.42. The van der Waals surface area contributed by atoms with Gasteiger partial charge in [0.05, 0.1) is 12.2 Å². The smallest absolute Gasteiger partial charge is 0.494 e. The van der Waals surface area contributed by atoms with Gasteiger partial charge in [0.2, 0.25) is 5.75 Å². The molecule has 0 spiro atoms. The van der Waals surface area contributed by atoms with E-state index in [2.05, 4.69) is 21.3 Å². The van der Waals surface area contributed by atoms with Gasteiger partial charge in [0.25, 0.3) is 0 Å². The van der Waals surface area contributed by atoms with E-state index in [9.17, 15) is 48.3 Å². The Balaban J connectivity index is 1.58. The Bertz CT molecular complexity index is 1730. The number of halogens is 11. The van der Waals surface area contributed by atoms with E-state index in [1.165, 1.54) is 18.2 Å². The fourth-order valence-corrected chi connectivity index (χ4v) is 3.83. The van der Waals surface area contributed by atoms with Crippen molar-refractivity contribution in [2.24, 2.45) is 0 Å². The van der Waals surface area contributed by atoms with Crippen LogP contribution in [0.4, 0.5) is 48.3 Å². The molecule has 14 heteroatoms. The zero-order valence-corrected chi connectivity index (χ0v) is 21.9. The summed E-state index contributed by atoms with van der Waals surface area (Å²) in [5, 5.41) is 0. The number of rotatable bonds is 7. The van der Waals surface area contributed by atoms with Gasteiger partial charge in [0, 0.05) is 29.3 Å². The van der Waals surface area contributed by atoms with Crippen LogP contribution in [0.25, 0.3) is 11.1 Å². The summed E-state index contributed by atoms with van der Waals surface area (Å²) in [4.78, 5) is 0. The first-order valence-corrected chi connectivity index (χ1v) is 12.1. The molecule has 0 bridgehead atoms. The second-order valence-electron chi connectivity index (χ2n) is 8.72. The van der Waals surface area contributed by atoms with Crippen LogP contribution in [0.2, 0.25) is 0 Å². The standard InChI is InChI=1S/C30H15F11O3/c1-2-42-18-7-6-16(21(31)12-18)5-3-15-4-8-20(22(32)9-15)17-10-23(33)27(24(34)11-17)29(37,38)43-19-13-25(35)28(26(36)14-19)44-30(39,40)41/h4,6-14H,2H2,1H3. The van der Waals surface area contributed by atoms with Gasteiger partial charge in [-0.05, 0) is 48.9 Å². The van der Waals surface area contributed by atoms with E-state index in [0.29, 0.717) is 18.7 Å². The van der Waals surface area contributed by atoms with Crippen LogP contribution in [-0.2, 0) is 6.11 Å². The van der Waals surface area contributed by atoms with E-state index < -0.39 is 75.6 Å². The minimum Gasteiger partial charge on any atom is -0.494 e. The second kappa shape index (κ2) is 12.4. The van der Waals surface area contributed by atoms with Crippen molar-refractivity contribution < 1.29 is 62.5 Å². The number of ether oxygens (including phenoxy) is 3. The van der Waals surface area contributed by atoms with Crippen molar-refractivity contribution in [2.45, 2.75) is 19.4 Å². The number of benzene rings is 4. The van der Waals surface area contributed by atoms with Crippen LogP contribution in [0, 0.1) is 46.7 Å². The van der Waals surface area contributed by atoms with E-state index in [-0.39, 0.29) is 29.0 Å². The fraction of sp³-hybridized carbons (Fsp3) is 0.133. The molecule has 0 aliphatic heterocycles. The molecular weight excluding hydrogens is 617 g/mol. The zero-order chi connectivity index (χ0) is 32.4. The molecule has 0 aliphatic rings. The summed E-state index contributed by atoms with van der Waals surface area (Å²) in [5.74, 6) is -8.02. The highest BCUT2D eigenvalue weighted by molar-refractivity contribution is 5.66. The van der Waals surface area contributed by atoms with Gasteiger partial charge in [-0.3, -0.25) is 0 Å². The first kappa shape index (κ1) is 32.0. The van der Waals surface area contributed by atoms with Crippen molar-refractivity contribution in [2.75, 3.05) is 6.61 Å². The molecule has 4 rings (SSSR count). The Morgan fingerprint density at radius 2 is 1.23 bits per heavy atom. The molecule has 0 aliphatic carbocycles. The van der Waals surface area contributed by atoms with Gasteiger partial charge in [-0.15, -0.1) is 13.2 Å². The predicted molar refractivity (Wildman–Crippen MR) is 133 cm³/mol. The van der Waals surface area contributed by atoms with E-state index in [1.807, 2.05) is 0 Å². The van der Waals surface area contributed by atoms with Gasteiger partial charge in [-0.2, -0.15) is 8.78 Å². The van der Waals surface area contributed by atoms with Crippen LogP contribution in [0.15, 0.2) is 60.7 Å². The van der Waals surface area contributed by atoms with Crippen LogP contribution in [0.1, 0.15) is 23.6 Å². The SMILES string of the molecule is CCOc1ccc(C#Cc2ccc(-c3cc(F)c(C(F)(F)Oc4cc(F)c(OC(F)(F)F)c(F)c4)c(F)c3)c(F)c2)c(F)c1. The lowest BCUT2D eigenvalue weighted by Crippen LogP contribution is -2.25. The van der Waals surface area contributed by atoms with Crippen LogP contribution < -0.4 is 14.2 Å². The normalized spacial score (nSPS) is 11.5. The van der Waals surface area contributed by atoms with Gasteiger partial charge < -0.3 is 14.2 Å². The van der Waals surface area contributed by atoms with Crippen LogP contribution in [0.5, 0.6) is 17.2 Å². The van der Waals surface area contributed by atoms with Gasteiger partial charge in [-0.25, -0.2) is 26.3 Å². The van der Waals surface area contributed by atoms with Gasteiger partial charge in [0.15, 0.2) is 11.6 Å². The summed E-state index contributed by atoms with van der Waals surface area (Å²) < 4.78 is 165. The molecule has 4 aromatic carbocycles. The van der Waals surface area contributed by atoms with Crippen LogP contribution in [0.3, 0.4) is 0 Å². The summed E-state index contributed by atoms with van der Waals surface area (Å²) in [6.07, 6.45) is -10.5. The second-order valence-corrected chi connectivity index (χ2v) is 8.72. The molecule has 0 saturated heterocycles. The molecule has 230 valence electrons. The lowest BCUT2D eigenvalue weighted by Gasteiger charge is -2.20. The van der Waals surface area contributed by atoms with Crippen molar-refractivity contribution in [3.63, 3.8) is 0 Å². The number of alkyl halides is 5. The molecular formula is C30H15F11O3. The summed E-state index contributed by atoms with van der Waals surface area (Å²) in [5.41, 5.74) is -3.03. The third kappa shape index (κ3) is 7.34. The average molecular weight is 632 g/mol. The maximum absolute atomic E-state index is 14.8. The zero-order valence-electron chi connectivity index (χ0n) is 21.9. The Hall–Kier alpha value is -4.93. The molecule has 3 nitrogen and oxygen atoms in total. The van der Waals surface area contributed by atoms with E-state index in [4.69, 9.17) is 4.74 Å². The molecule has 0 unspecified atom stereocenters. The minimum absolute atomic E-state index is 0.0307. The fourth-order valence-electron chi connectivity index (χ4n) is 3.83. The van der Waals surface area contributed by atoms with Crippen LogP contribution >= 0.6 is 0 Å². The summed E-state index contributed by atoms with van der Waals surface area (Å²) >= 11 is 0. The van der Waals surface area contributed by atoms with Crippen molar-refractivity contribution in [3.05, 3.63) is 112 Å². The summed E-state index contributed by atoms with van der Waals surface area (Å²) in [6, 6.07) is 7.45. The average Bonchev–Trinajstić information content (AvgIpc) is 2.89. The molecule has 0 radical (unpaired) electrons. The molecule has 0 atom stereocenters. The van der Waals surface area contributed by atoms with E-state index in [0.717, 1.165) is 18.2 Å². The van der Waals surface area contributed by atoms with E-state index >= 15 is 0 Å². The highest BCUT2D eigenvalue weighted by Crippen LogP contribution is 2.39. The quantitative estimate of drug-likeness (QED) is 0.150. The molecule has 0 aromatic heterocycles.